The highest BCUT2D eigenvalue weighted by Crippen LogP contribution is 2.61. The second-order valence-electron chi connectivity index (χ2n) is 6.97. The van der Waals surface area contributed by atoms with Gasteiger partial charge in [-0.05, 0) is 62.7 Å². The smallest absolute Gasteiger partial charge is 0.264 e. The number of hydrogen-bond acceptors (Lipinski definition) is 4. The molecule has 4 saturated carbocycles. The van der Waals surface area contributed by atoms with E-state index in [-0.39, 0.29) is 16.3 Å². The minimum absolute atomic E-state index is 0.0997. The van der Waals surface area contributed by atoms with Crippen LogP contribution in [0.2, 0.25) is 0 Å². The Balaban J connectivity index is 1.55. The fourth-order valence-electron chi connectivity index (χ4n) is 4.92. The van der Waals surface area contributed by atoms with Crippen molar-refractivity contribution in [3.63, 3.8) is 0 Å². The number of carbonyl (C=O) groups excluding carboxylic acids is 1. The average Bonchev–Trinajstić information content (AvgIpc) is 2.31. The standard InChI is InChI=1S/C14H22O4S2/c15-13(19-2-1-3-20(16,17)18)14-7-10-4-11(8-14)6-12(5-10)9-14/h10-12H,1-9H2,(H,16,17,18). The first-order valence-electron chi connectivity index (χ1n) is 7.49. The molecule has 1 N–H and O–H groups in total. The van der Waals surface area contributed by atoms with E-state index < -0.39 is 10.1 Å². The maximum Gasteiger partial charge on any atom is 0.264 e. The van der Waals surface area contributed by atoms with Crippen LogP contribution < -0.4 is 0 Å². The van der Waals surface area contributed by atoms with Crippen LogP contribution in [0.4, 0.5) is 0 Å². The zero-order valence-electron chi connectivity index (χ0n) is 11.6. The molecule has 114 valence electrons. The van der Waals surface area contributed by atoms with Gasteiger partial charge in [-0.3, -0.25) is 9.35 Å². The van der Waals surface area contributed by atoms with E-state index in [1.54, 1.807) is 0 Å². The first-order chi connectivity index (χ1) is 9.36. The third kappa shape index (κ3) is 3.07. The monoisotopic (exact) mass is 318 g/mol. The van der Waals surface area contributed by atoms with Crippen molar-refractivity contribution in [2.45, 2.75) is 44.9 Å². The van der Waals surface area contributed by atoms with E-state index >= 15 is 0 Å². The Labute approximate surface area is 124 Å². The molecule has 20 heavy (non-hydrogen) atoms. The van der Waals surface area contributed by atoms with Crippen molar-refractivity contribution in [2.75, 3.05) is 11.5 Å². The Kier molecular flexibility index (Phi) is 3.93. The van der Waals surface area contributed by atoms with Gasteiger partial charge < -0.3 is 0 Å². The van der Waals surface area contributed by atoms with Gasteiger partial charge in [0.15, 0.2) is 5.12 Å². The van der Waals surface area contributed by atoms with Crippen LogP contribution in [0.1, 0.15) is 44.9 Å². The summed E-state index contributed by atoms with van der Waals surface area (Å²) in [6.07, 6.45) is 7.48. The Morgan fingerprint density at radius 1 is 1.10 bits per heavy atom. The van der Waals surface area contributed by atoms with E-state index in [4.69, 9.17) is 4.55 Å². The van der Waals surface area contributed by atoms with E-state index in [2.05, 4.69) is 0 Å². The minimum Gasteiger partial charge on any atom is -0.287 e. The summed E-state index contributed by atoms with van der Waals surface area (Å²) in [7, 11) is -3.89. The van der Waals surface area contributed by atoms with E-state index in [0.717, 1.165) is 37.0 Å². The third-order valence-corrected chi connectivity index (χ3v) is 7.24. The second-order valence-corrected chi connectivity index (χ2v) is 9.61. The van der Waals surface area contributed by atoms with E-state index in [1.807, 2.05) is 0 Å². The van der Waals surface area contributed by atoms with Gasteiger partial charge in [0.1, 0.15) is 0 Å². The Hall–Kier alpha value is -0.0700. The summed E-state index contributed by atoms with van der Waals surface area (Å²) in [4.78, 5) is 12.6. The van der Waals surface area contributed by atoms with Gasteiger partial charge in [-0.1, -0.05) is 11.8 Å². The molecule has 0 aromatic rings. The van der Waals surface area contributed by atoms with Crippen LogP contribution in [0, 0.1) is 23.2 Å². The first kappa shape index (κ1) is 14.9. The largest absolute Gasteiger partial charge is 0.287 e. The van der Waals surface area contributed by atoms with Crippen molar-refractivity contribution in [1.82, 2.24) is 0 Å². The number of carbonyl (C=O) groups is 1. The summed E-state index contributed by atoms with van der Waals surface area (Å²) in [6.45, 7) is 0. The molecule has 0 aromatic carbocycles. The van der Waals surface area contributed by atoms with E-state index in [1.165, 1.54) is 31.0 Å². The molecule has 0 radical (unpaired) electrons. The fraction of sp³-hybridized carbons (Fsp3) is 0.929. The second kappa shape index (κ2) is 5.29. The van der Waals surface area contributed by atoms with Gasteiger partial charge in [-0.2, -0.15) is 8.42 Å². The molecule has 4 aliphatic carbocycles. The lowest BCUT2D eigenvalue weighted by Crippen LogP contribution is -2.49. The van der Waals surface area contributed by atoms with Crippen LogP contribution in [-0.4, -0.2) is 29.6 Å². The van der Waals surface area contributed by atoms with Crippen molar-refractivity contribution >= 4 is 27.0 Å². The molecule has 6 heteroatoms. The molecule has 0 saturated heterocycles. The fourth-order valence-corrected chi connectivity index (χ4v) is 6.64. The molecule has 4 nitrogen and oxygen atoms in total. The predicted molar refractivity (Wildman–Crippen MR) is 79.1 cm³/mol. The Morgan fingerprint density at radius 2 is 1.60 bits per heavy atom. The predicted octanol–water partition coefficient (Wildman–Crippen LogP) is 2.74. The Bertz CT molecular complexity index is 462. The van der Waals surface area contributed by atoms with Gasteiger partial charge in [0.2, 0.25) is 0 Å². The molecule has 4 fully saturated rings. The number of rotatable bonds is 5. The number of hydrogen-bond donors (Lipinski definition) is 1. The highest BCUT2D eigenvalue weighted by molar-refractivity contribution is 8.13. The molecule has 4 aliphatic rings. The SMILES string of the molecule is O=C(SCCCS(=O)(=O)O)C12CC3CC(CC(C3)C1)C2. The zero-order chi connectivity index (χ0) is 14.4. The molecule has 0 spiro atoms. The van der Waals surface area contributed by atoms with Gasteiger partial charge in [-0.25, -0.2) is 0 Å². The first-order valence-corrected chi connectivity index (χ1v) is 10.1. The van der Waals surface area contributed by atoms with Gasteiger partial charge in [-0.15, -0.1) is 0 Å². The van der Waals surface area contributed by atoms with Crippen LogP contribution in [0.3, 0.4) is 0 Å². The average molecular weight is 318 g/mol. The normalized spacial score (nSPS) is 39.1. The maximum absolute atomic E-state index is 12.6. The molecule has 4 bridgehead atoms. The summed E-state index contributed by atoms with van der Waals surface area (Å²) in [5, 5.41) is 0.284. The zero-order valence-corrected chi connectivity index (χ0v) is 13.2. The summed E-state index contributed by atoms with van der Waals surface area (Å²) >= 11 is 1.29. The topological polar surface area (TPSA) is 71.4 Å². The van der Waals surface area contributed by atoms with Crippen molar-refractivity contribution < 1.29 is 17.8 Å². The summed E-state index contributed by atoms with van der Waals surface area (Å²) in [5.41, 5.74) is -0.0997. The highest BCUT2D eigenvalue weighted by Gasteiger charge is 2.54. The molecule has 0 aliphatic heterocycles. The van der Waals surface area contributed by atoms with Gasteiger partial charge in [0.05, 0.1) is 5.75 Å². The lowest BCUT2D eigenvalue weighted by atomic mass is 9.50. The quantitative estimate of drug-likeness (QED) is 0.623. The van der Waals surface area contributed by atoms with Gasteiger partial charge >= 0.3 is 0 Å². The minimum atomic E-state index is -3.89. The van der Waals surface area contributed by atoms with Gasteiger partial charge in [0, 0.05) is 11.2 Å². The molecule has 0 heterocycles. The molecule has 0 unspecified atom stereocenters. The lowest BCUT2D eigenvalue weighted by molar-refractivity contribution is -0.134. The summed E-state index contributed by atoms with van der Waals surface area (Å²) < 4.78 is 30.0. The highest BCUT2D eigenvalue weighted by atomic mass is 32.2. The van der Waals surface area contributed by atoms with Crippen molar-refractivity contribution in [3.05, 3.63) is 0 Å². The van der Waals surface area contributed by atoms with Crippen LogP contribution in [-0.2, 0) is 14.9 Å². The van der Waals surface area contributed by atoms with Crippen molar-refractivity contribution in [3.8, 4) is 0 Å². The molecular formula is C14H22O4S2. The number of thioether (sulfide) groups is 1. The lowest BCUT2D eigenvalue weighted by Gasteiger charge is -2.55. The molecule has 0 aromatic heterocycles. The van der Waals surface area contributed by atoms with Crippen molar-refractivity contribution in [2.24, 2.45) is 23.2 Å². The Morgan fingerprint density at radius 3 is 2.05 bits per heavy atom. The van der Waals surface area contributed by atoms with E-state index in [0.29, 0.717) is 12.2 Å². The van der Waals surface area contributed by atoms with Crippen LogP contribution in [0.5, 0.6) is 0 Å². The van der Waals surface area contributed by atoms with Crippen LogP contribution in [0.15, 0.2) is 0 Å². The maximum atomic E-state index is 12.6. The van der Waals surface area contributed by atoms with Crippen LogP contribution in [0.25, 0.3) is 0 Å². The molecule has 0 amide bonds. The van der Waals surface area contributed by atoms with Crippen molar-refractivity contribution in [1.29, 1.82) is 0 Å². The summed E-state index contributed by atoms with van der Waals surface area (Å²) in [6, 6.07) is 0. The molecular weight excluding hydrogens is 296 g/mol. The molecule has 0 atom stereocenters. The van der Waals surface area contributed by atoms with E-state index in [9.17, 15) is 13.2 Å². The summed E-state index contributed by atoms with van der Waals surface area (Å²) in [5.74, 6) is 2.52. The molecule has 4 rings (SSSR count). The van der Waals surface area contributed by atoms with Gasteiger partial charge in [0.25, 0.3) is 10.1 Å². The van der Waals surface area contributed by atoms with Crippen LogP contribution >= 0.6 is 11.8 Å². The third-order valence-electron chi connectivity index (χ3n) is 5.25.